The number of aromatic nitrogens is 4. The van der Waals surface area contributed by atoms with Gasteiger partial charge in [-0.3, -0.25) is 9.39 Å². The molecule has 0 fully saturated rings. The highest BCUT2D eigenvalue weighted by molar-refractivity contribution is 6.28. The topological polar surface area (TPSA) is 69.9 Å². The summed E-state index contributed by atoms with van der Waals surface area (Å²) in [5, 5.41) is 5.41. The van der Waals surface area contributed by atoms with Crippen LogP contribution in [0.5, 0.6) is 0 Å². The molecule has 1 aromatic carbocycles. The molecule has 6 nitrogen and oxygen atoms in total. The van der Waals surface area contributed by atoms with Gasteiger partial charge in [0.05, 0.1) is 11.6 Å². The summed E-state index contributed by atoms with van der Waals surface area (Å²) < 4.78 is 55.0. The second-order valence-corrected chi connectivity index (χ2v) is 5.68. The Kier molecular flexibility index (Phi) is 14.6. The maximum absolute atomic E-state index is 12.3. The van der Waals surface area contributed by atoms with Crippen LogP contribution >= 0.6 is 11.6 Å². The van der Waals surface area contributed by atoms with Gasteiger partial charge >= 0.3 is 5.97 Å². The fourth-order valence-corrected chi connectivity index (χ4v) is 2.49. The third kappa shape index (κ3) is 7.13. The van der Waals surface area contributed by atoms with E-state index in [4.69, 9.17) is 43.8 Å². The van der Waals surface area contributed by atoms with E-state index in [1.54, 1.807) is 18.5 Å². The van der Waals surface area contributed by atoms with Crippen LogP contribution in [0.2, 0.25) is 5.28 Å². The molecule has 0 bridgehead atoms. The minimum atomic E-state index is -0.499. The molecule has 0 aliphatic heterocycles. The normalized spacial score (nSPS) is 9.17. The third-order valence-corrected chi connectivity index (χ3v) is 3.49. The Balaban J connectivity index is 0. The van der Waals surface area contributed by atoms with Gasteiger partial charge in [-0.15, -0.1) is 0 Å². The number of hydrogen-bond acceptors (Lipinski definition) is 5. The standard InChI is InChI=1S/C16H15ClN4O2.3F2.FH/c1-9(2)23-15(22)11-8-18-16(17)19-13(11)14-10-6-4-5-7-12(10)21(3)20-14;3*1-2;/h4-9H,1-3H3;;;;1H. The third-order valence-electron chi connectivity index (χ3n) is 3.30. The Morgan fingerprint density at radius 1 is 1.07 bits per heavy atom. The van der Waals surface area contributed by atoms with E-state index in [-0.39, 0.29) is 21.7 Å². The lowest BCUT2D eigenvalue weighted by Gasteiger charge is -2.10. The molecule has 0 saturated heterocycles. The summed E-state index contributed by atoms with van der Waals surface area (Å²) in [5.74, 6) is -0.499. The van der Waals surface area contributed by atoms with Gasteiger partial charge in [0.1, 0.15) is 17.0 Å². The molecule has 3 rings (SSSR count). The second-order valence-electron chi connectivity index (χ2n) is 5.34. The number of esters is 1. The molecule has 2 heterocycles. The van der Waals surface area contributed by atoms with E-state index in [0.717, 1.165) is 10.9 Å². The summed E-state index contributed by atoms with van der Waals surface area (Å²) >= 11 is 5.93. The van der Waals surface area contributed by atoms with E-state index in [2.05, 4.69) is 15.1 Å². The Morgan fingerprint density at radius 3 is 2.20 bits per heavy atom. The van der Waals surface area contributed by atoms with Crippen molar-refractivity contribution in [1.82, 2.24) is 19.7 Å². The van der Waals surface area contributed by atoms with Crippen molar-refractivity contribution in [2.45, 2.75) is 20.0 Å². The summed E-state index contributed by atoms with van der Waals surface area (Å²) in [6.07, 6.45) is 1.13. The highest BCUT2D eigenvalue weighted by Gasteiger charge is 2.22. The zero-order valence-corrected chi connectivity index (χ0v) is 16.4. The molecule has 0 amide bonds. The Labute approximate surface area is 170 Å². The van der Waals surface area contributed by atoms with Gasteiger partial charge < -0.3 is 4.74 Å². The average Bonchev–Trinajstić information content (AvgIpc) is 3.08. The summed E-state index contributed by atoms with van der Waals surface area (Å²) in [7, 11) is 1.83. The van der Waals surface area contributed by atoms with Crippen LogP contribution < -0.4 is 0 Å². The van der Waals surface area contributed by atoms with Gasteiger partial charge in [0.25, 0.3) is 0 Å². The summed E-state index contributed by atoms with van der Waals surface area (Å²) in [6, 6.07) is 7.70. The van der Waals surface area contributed by atoms with E-state index in [0.29, 0.717) is 11.4 Å². The molecule has 0 spiro atoms. The van der Waals surface area contributed by atoms with Crippen molar-refractivity contribution in [3.05, 3.63) is 41.3 Å². The van der Waals surface area contributed by atoms with Gasteiger partial charge in [-0.05, 0) is 31.5 Å². The minimum absolute atomic E-state index is 0. The number of carbonyl (C=O) groups is 1. The summed E-state index contributed by atoms with van der Waals surface area (Å²) in [4.78, 5) is 20.4. The lowest BCUT2D eigenvalue weighted by Crippen LogP contribution is -2.14. The number of fused-ring (bicyclic) bond motifs is 1. The molecular formula is C16H16ClF7N4O2. The largest absolute Gasteiger partial charge is 0.459 e. The molecule has 0 aliphatic carbocycles. The first-order valence-corrected chi connectivity index (χ1v) is 7.93. The van der Waals surface area contributed by atoms with Gasteiger partial charge in [0, 0.05) is 46.1 Å². The van der Waals surface area contributed by atoms with E-state index in [1.807, 2.05) is 31.3 Å². The number of ether oxygens (including phenoxy) is 1. The fraction of sp³-hybridized carbons (Fsp3) is 0.250. The second kappa shape index (κ2) is 15.0. The number of halogens is 8. The van der Waals surface area contributed by atoms with E-state index < -0.39 is 5.97 Å². The first kappa shape index (κ1) is 29.2. The van der Waals surface area contributed by atoms with Gasteiger partial charge in [0.15, 0.2) is 0 Å². The van der Waals surface area contributed by atoms with Crippen molar-refractivity contribution in [1.29, 1.82) is 0 Å². The number of carbonyl (C=O) groups excluding carboxylic acids is 1. The highest BCUT2D eigenvalue weighted by Crippen LogP contribution is 2.29. The first-order chi connectivity index (χ1) is 14.0. The van der Waals surface area contributed by atoms with E-state index >= 15 is 0 Å². The number of rotatable bonds is 3. The number of para-hydroxylation sites is 1. The van der Waals surface area contributed by atoms with Crippen LogP contribution in [0.25, 0.3) is 22.3 Å². The van der Waals surface area contributed by atoms with Crippen LogP contribution in [0.4, 0.5) is 32.1 Å². The lowest BCUT2D eigenvalue weighted by molar-refractivity contribution is 0.0378. The van der Waals surface area contributed by atoms with E-state index in [1.165, 1.54) is 6.20 Å². The molecule has 0 atom stereocenters. The van der Waals surface area contributed by atoms with Gasteiger partial charge in [-0.2, -0.15) is 5.10 Å². The predicted octanol–water partition coefficient (Wildman–Crippen LogP) is 5.92. The van der Waals surface area contributed by atoms with Crippen molar-refractivity contribution in [2.75, 3.05) is 0 Å². The highest BCUT2D eigenvalue weighted by atomic mass is 35.5. The molecule has 14 heteroatoms. The zero-order chi connectivity index (χ0) is 22.6. The molecular weight excluding hydrogens is 449 g/mol. The first-order valence-electron chi connectivity index (χ1n) is 7.56. The zero-order valence-electron chi connectivity index (χ0n) is 15.6. The minimum Gasteiger partial charge on any atom is -0.459 e. The van der Waals surface area contributed by atoms with Crippen molar-refractivity contribution in [3.63, 3.8) is 0 Å². The molecule has 168 valence electrons. The Morgan fingerprint density at radius 2 is 1.63 bits per heavy atom. The monoisotopic (exact) mass is 464 g/mol. The molecule has 0 radical (unpaired) electrons. The van der Waals surface area contributed by atoms with Gasteiger partial charge in [0.2, 0.25) is 5.28 Å². The van der Waals surface area contributed by atoms with Crippen LogP contribution in [-0.4, -0.2) is 31.8 Å². The van der Waals surface area contributed by atoms with Crippen molar-refractivity contribution < 1.29 is 41.7 Å². The molecule has 3 aromatic rings. The maximum atomic E-state index is 12.3. The van der Waals surface area contributed by atoms with Gasteiger partial charge in [-0.1, -0.05) is 18.2 Å². The molecule has 2 aromatic heterocycles. The van der Waals surface area contributed by atoms with Crippen LogP contribution in [-0.2, 0) is 11.8 Å². The fourth-order valence-electron chi connectivity index (χ4n) is 2.36. The number of hydrogen-bond donors (Lipinski definition) is 0. The summed E-state index contributed by atoms with van der Waals surface area (Å²) in [6.45, 7) is 3.56. The van der Waals surface area contributed by atoms with Crippen LogP contribution in [0.1, 0.15) is 24.2 Å². The van der Waals surface area contributed by atoms with Crippen molar-refractivity contribution >= 4 is 28.5 Å². The number of aryl methyl sites for hydroxylation is 1. The molecule has 30 heavy (non-hydrogen) atoms. The Hall–Kier alpha value is -2.96. The maximum Gasteiger partial charge on any atom is 0.342 e. The summed E-state index contributed by atoms with van der Waals surface area (Å²) in [5.41, 5.74) is 2.11. The number of benzene rings is 1. The van der Waals surface area contributed by atoms with E-state index in [9.17, 15) is 4.79 Å². The average molecular weight is 465 g/mol. The SMILES string of the molecule is CC(C)OC(=O)c1cnc(Cl)nc1-c1nn(C)c2ccccc12.F.FF.FF.FF. The van der Waals surface area contributed by atoms with Crippen LogP contribution in [0.15, 0.2) is 30.5 Å². The molecule has 0 aliphatic rings. The van der Waals surface area contributed by atoms with Crippen LogP contribution in [0.3, 0.4) is 0 Å². The quantitative estimate of drug-likeness (QED) is 0.273. The molecule has 0 N–H and O–H groups in total. The smallest absolute Gasteiger partial charge is 0.342 e. The molecule has 0 saturated carbocycles. The van der Waals surface area contributed by atoms with Gasteiger partial charge in [-0.25, -0.2) is 14.8 Å². The van der Waals surface area contributed by atoms with Crippen molar-refractivity contribution in [3.8, 4) is 11.4 Å². The predicted molar refractivity (Wildman–Crippen MR) is 96.5 cm³/mol. The van der Waals surface area contributed by atoms with Crippen LogP contribution in [0, 0.1) is 0 Å². The molecule has 0 unspecified atom stereocenters. The van der Waals surface area contributed by atoms with Crippen molar-refractivity contribution in [2.24, 2.45) is 7.05 Å². The Bertz CT molecular complexity index is 912. The number of nitrogens with zero attached hydrogens (tertiary/aromatic N) is 4. The lowest BCUT2D eigenvalue weighted by atomic mass is 10.1.